The van der Waals surface area contributed by atoms with Crippen LogP contribution in [0.4, 0.5) is 5.69 Å². The van der Waals surface area contributed by atoms with E-state index in [4.69, 9.17) is 0 Å². The molecule has 2 heterocycles. The fourth-order valence-electron chi connectivity index (χ4n) is 2.82. The molecule has 0 aliphatic carbocycles. The largest absolute Gasteiger partial charge is 1.00 e. The Hall–Kier alpha value is 0.242. The first kappa shape index (κ1) is 22.3. The minimum absolute atomic E-state index is 0. The van der Waals surface area contributed by atoms with Gasteiger partial charge in [-0.2, -0.15) is 0 Å². The van der Waals surface area contributed by atoms with Crippen LogP contribution in [0.25, 0.3) is 10.4 Å². The van der Waals surface area contributed by atoms with Gasteiger partial charge in [0.2, 0.25) is 0 Å². The molecule has 2 aromatic rings. The Balaban J connectivity index is 0.00000144. The Kier molecular flexibility index (Phi) is 9.10. The van der Waals surface area contributed by atoms with Crippen molar-refractivity contribution >= 4 is 22.9 Å². The summed E-state index contributed by atoms with van der Waals surface area (Å²) in [5.74, 6) is 0.205. The molecular formula is C19H25CsN2OS. The van der Waals surface area contributed by atoms with Gasteiger partial charge in [-0.05, 0) is 49.1 Å². The first-order chi connectivity index (χ1) is 10.6. The van der Waals surface area contributed by atoms with E-state index in [0.717, 1.165) is 36.4 Å². The maximum Gasteiger partial charge on any atom is 1.00 e. The first-order valence-corrected chi connectivity index (χ1v) is 8.55. The third kappa shape index (κ3) is 4.90. The van der Waals surface area contributed by atoms with Gasteiger partial charge in [0, 0.05) is 37.7 Å². The van der Waals surface area contributed by atoms with Crippen molar-refractivity contribution in [2.24, 2.45) is 0 Å². The number of nitrogens with zero attached hydrogens (tertiary/aromatic N) is 2. The molecule has 3 rings (SSSR count). The van der Waals surface area contributed by atoms with Crippen LogP contribution in [0, 0.1) is 14.4 Å². The van der Waals surface area contributed by atoms with Crippen LogP contribution >= 0.6 is 11.3 Å². The second-order valence-corrected chi connectivity index (χ2v) is 7.12. The molecule has 24 heavy (non-hydrogen) atoms. The summed E-state index contributed by atoms with van der Waals surface area (Å²) in [5.41, 5.74) is 3.46. The van der Waals surface area contributed by atoms with E-state index in [-0.39, 0.29) is 82.2 Å². The van der Waals surface area contributed by atoms with Crippen LogP contribution in [0.5, 0.6) is 0 Å². The monoisotopic (exact) mass is 462 g/mol. The van der Waals surface area contributed by atoms with E-state index in [0.29, 0.717) is 0 Å². The number of benzene rings is 1. The third-order valence-corrected chi connectivity index (χ3v) is 5.45. The van der Waals surface area contributed by atoms with Gasteiger partial charge in [0.1, 0.15) is 0 Å². The van der Waals surface area contributed by atoms with E-state index in [1.54, 1.807) is 11.3 Å². The zero-order valence-electron chi connectivity index (χ0n) is 15.4. The number of hydrogen-bond acceptors (Lipinski definition) is 3. The minimum atomic E-state index is 0. The van der Waals surface area contributed by atoms with Gasteiger partial charge in [-0.15, -0.1) is 11.3 Å². The second-order valence-electron chi connectivity index (χ2n) is 6.06. The van der Waals surface area contributed by atoms with Crippen molar-refractivity contribution in [2.75, 3.05) is 32.1 Å². The van der Waals surface area contributed by atoms with Crippen LogP contribution in [0.2, 0.25) is 0 Å². The Morgan fingerprint density at radius 1 is 1.12 bits per heavy atom. The molecule has 0 saturated carbocycles. The summed E-state index contributed by atoms with van der Waals surface area (Å²) in [4.78, 5) is 18.7. The van der Waals surface area contributed by atoms with Crippen molar-refractivity contribution < 1.29 is 73.7 Å². The second kappa shape index (κ2) is 9.81. The van der Waals surface area contributed by atoms with E-state index in [1.165, 1.54) is 16.1 Å². The van der Waals surface area contributed by atoms with Crippen molar-refractivity contribution in [3.05, 3.63) is 48.2 Å². The Morgan fingerprint density at radius 3 is 2.25 bits per heavy atom. The molecule has 3 nitrogen and oxygen atoms in total. The Morgan fingerprint density at radius 2 is 1.71 bits per heavy atom. The van der Waals surface area contributed by atoms with E-state index in [9.17, 15) is 4.79 Å². The summed E-state index contributed by atoms with van der Waals surface area (Å²) in [5, 5.41) is 0. The molecule has 0 unspecified atom stereocenters. The third-order valence-electron chi connectivity index (χ3n) is 4.17. The van der Waals surface area contributed by atoms with Crippen molar-refractivity contribution in [1.82, 2.24) is 4.90 Å². The van der Waals surface area contributed by atoms with Crippen LogP contribution in [0.1, 0.15) is 28.1 Å². The van der Waals surface area contributed by atoms with Gasteiger partial charge in [-0.3, -0.25) is 4.79 Å². The van der Waals surface area contributed by atoms with Gasteiger partial charge in [-0.25, -0.2) is 0 Å². The van der Waals surface area contributed by atoms with E-state index in [2.05, 4.69) is 35.2 Å². The molecule has 1 aliphatic rings. The maximum absolute atomic E-state index is 12.6. The van der Waals surface area contributed by atoms with Crippen molar-refractivity contribution in [2.45, 2.75) is 19.8 Å². The fraction of sp³-hybridized carbons (Fsp3) is 0.368. The van der Waals surface area contributed by atoms with Gasteiger partial charge in [-0.1, -0.05) is 12.1 Å². The zero-order chi connectivity index (χ0) is 15.7. The van der Waals surface area contributed by atoms with Crippen molar-refractivity contribution in [1.29, 1.82) is 0 Å². The van der Waals surface area contributed by atoms with E-state index >= 15 is 0 Å². The predicted octanol–water partition coefficient (Wildman–Crippen LogP) is 1.48. The minimum Gasteiger partial charge on any atom is -0.378 e. The van der Waals surface area contributed by atoms with Crippen LogP contribution in [0.15, 0.2) is 30.3 Å². The molecular weight excluding hydrogens is 437 g/mol. The number of hydrogen-bond donors (Lipinski definition) is 0. The van der Waals surface area contributed by atoms with E-state index in [1.807, 2.05) is 25.9 Å². The standard InChI is InChI=1S/C18H22N2OS.CH3.Cs/c1-13-12-16(14-6-8-15(9-7-14)19(2)3)22-17(13)18(21)20-10-4-5-11-20;;/h6-9,12H,4-5,10-11H2,1-3H3;1H3;/q;-1;+1. The summed E-state index contributed by atoms with van der Waals surface area (Å²) in [7, 11) is 4.08. The zero-order valence-corrected chi connectivity index (χ0v) is 22.5. The normalized spacial score (nSPS) is 13.2. The molecule has 0 bridgehead atoms. The molecule has 1 aromatic heterocycles. The number of amides is 1. The average Bonchev–Trinajstić information content (AvgIpc) is 3.16. The van der Waals surface area contributed by atoms with Crippen LogP contribution < -0.4 is 73.8 Å². The summed E-state index contributed by atoms with van der Waals surface area (Å²) in [6.07, 6.45) is 2.27. The van der Waals surface area contributed by atoms with Crippen LogP contribution in [-0.4, -0.2) is 38.0 Å². The number of thiophene rings is 1. The molecule has 0 radical (unpaired) electrons. The predicted molar refractivity (Wildman–Crippen MR) is 100 cm³/mol. The maximum atomic E-state index is 12.6. The summed E-state index contributed by atoms with van der Waals surface area (Å²) >= 11 is 1.62. The summed E-state index contributed by atoms with van der Waals surface area (Å²) in [6, 6.07) is 10.6. The average molecular weight is 462 g/mol. The number of rotatable bonds is 3. The number of aryl methyl sites for hydroxylation is 1. The van der Waals surface area contributed by atoms with Crippen LogP contribution in [-0.2, 0) is 0 Å². The number of carbonyl (C=O) groups excluding carboxylic acids is 1. The van der Waals surface area contributed by atoms with Gasteiger partial charge < -0.3 is 17.2 Å². The van der Waals surface area contributed by atoms with Gasteiger partial charge in [0.25, 0.3) is 5.91 Å². The summed E-state index contributed by atoms with van der Waals surface area (Å²) < 4.78 is 0. The molecule has 1 aliphatic heterocycles. The Labute approximate surface area is 208 Å². The van der Waals surface area contributed by atoms with Gasteiger partial charge in [0.15, 0.2) is 0 Å². The smallest absolute Gasteiger partial charge is 0.378 e. The Bertz CT molecular complexity index is 673. The van der Waals surface area contributed by atoms with Gasteiger partial charge >= 0.3 is 68.9 Å². The van der Waals surface area contributed by atoms with Gasteiger partial charge in [0.05, 0.1) is 4.88 Å². The molecule has 1 amide bonds. The fourth-order valence-corrected chi connectivity index (χ4v) is 3.97. The molecule has 0 N–H and O–H groups in total. The quantitative estimate of drug-likeness (QED) is 0.646. The SMILES string of the molecule is Cc1cc(-c2ccc(N(C)C)cc2)sc1C(=O)N1CCCC1.[CH3-].[Cs+]. The molecule has 1 aromatic carbocycles. The topological polar surface area (TPSA) is 23.6 Å². The number of carbonyl (C=O) groups is 1. The molecule has 5 heteroatoms. The number of likely N-dealkylation sites (tertiary alicyclic amines) is 1. The van der Waals surface area contributed by atoms with E-state index < -0.39 is 0 Å². The molecule has 0 spiro atoms. The number of anilines is 1. The molecule has 124 valence electrons. The molecule has 1 fully saturated rings. The van der Waals surface area contributed by atoms with Crippen LogP contribution in [0.3, 0.4) is 0 Å². The van der Waals surface area contributed by atoms with Crippen molar-refractivity contribution in [3.8, 4) is 10.4 Å². The molecule has 0 atom stereocenters. The summed E-state index contributed by atoms with van der Waals surface area (Å²) in [6.45, 7) is 3.85. The molecule has 1 saturated heterocycles. The first-order valence-electron chi connectivity index (χ1n) is 7.74. The van der Waals surface area contributed by atoms with Crippen molar-refractivity contribution in [3.63, 3.8) is 0 Å².